The van der Waals surface area contributed by atoms with Gasteiger partial charge in [0.1, 0.15) is 0 Å². The molecule has 1 aromatic carbocycles. The molecule has 6 atom stereocenters. The lowest BCUT2D eigenvalue weighted by molar-refractivity contribution is -0.158. The number of ether oxygens (including phenoxy) is 1. The van der Waals surface area contributed by atoms with E-state index >= 15 is 0 Å². The summed E-state index contributed by atoms with van der Waals surface area (Å²) >= 11 is 0. The molecule has 0 amide bonds. The Labute approximate surface area is 231 Å². The minimum Gasteiger partial charge on any atom is -0.466 e. The molecule has 214 valence electrons. The highest BCUT2D eigenvalue weighted by Gasteiger charge is 2.52. The fourth-order valence-corrected chi connectivity index (χ4v) is 8.06. The fourth-order valence-electron chi connectivity index (χ4n) is 5.72. The topological polar surface area (TPSA) is 78.9 Å². The summed E-state index contributed by atoms with van der Waals surface area (Å²) in [6, 6.07) is 6.73. The molecule has 0 aliphatic heterocycles. The second-order valence-corrected chi connectivity index (χ2v) is 19.4. The van der Waals surface area contributed by atoms with E-state index in [2.05, 4.69) is 59.9 Å². The number of hydrogen-bond donors (Lipinski definition) is 0. The van der Waals surface area contributed by atoms with Crippen LogP contribution in [0.25, 0.3) is 0 Å². The first kappa shape index (κ1) is 31.0. The Morgan fingerprint density at radius 3 is 2.26 bits per heavy atom. The number of carbonyl (C=O) groups is 1. The summed E-state index contributed by atoms with van der Waals surface area (Å²) in [4.78, 5) is 13.6. The lowest BCUT2D eigenvalue weighted by atomic mass is 9.60. The van der Waals surface area contributed by atoms with Crippen LogP contribution in [0.4, 0.5) is 0 Å². The third-order valence-electron chi connectivity index (χ3n) is 8.85. The zero-order chi connectivity index (χ0) is 28.5. The van der Waals surface area contributed by atoms with Gasteiger partial charge in [0.15, 0.2) is 8.32 Å². The van der Waals surface area contributed by atoms with Crippen LogP contribution in [0.3, 0.4) is 0 Å². The van der Waals surface area contributed by atoms with Crippen molar-refractivity contribution in [1.29, 1.82) is 0 Å². The van der Waals surface area contributed by atoms with Gasteiger partial charge in [-0.05, 0) is 80.6 Å². The molecular formula is C30H48O6SSi. The highest BCUT2D eigenvalue weighted by Crippen LogP contribution is 2.50. The first-order chi connectivity index (χ1) is 17.6. The average Bonchev–Trinajstić information content (AvgIpc) is 2.81. The number of benzene rings is 1. The van der Waals surface area contributed by atoms with Crippen LogP contribution in [-0.4, -0.2) is 42.0 Å². The molecule has 0 radical (unpaired) electrons. The van der Waals surface area contributed by atoms with E-state index in [0.717, 1.165) is 12.0 Å². The molecular weight excluding hydrogens is 516 g/mol. The van der Waals surface area contributed by atoms with Gasteiger partial charge in [-0.3, -0.25) is 8.98 Å². The standard InChI is InChI=1S/C30H48O6SSi/c1-10-34-29(31)28-25(20(2)3)16-13-23-17-22(18-26(27(23)28)36-38(8,9)30(5,6)7)19-35-37(32,33)24-14-11-21(4)12-15-24/h11-16,20,22-23,25-28H,10,17-19H2,1-9H3/t22-,23?,25+,26?,27?,28-/m0/s1. The van der Waals surface area contributed by atoms with E-state index in [1.165, 1.54) is 0 Å². The second kappa shape index (κ2) is 11.9. The van der Waals surface area contributed by atoms with Gasteiger partial charge in [-0.25, -0.2) is 0 Å². The summed E-state index contributed by atoms with van der Waals surface area (Å²) in [5.41, 5.74) is 0.993. The Bertz CT molecular complexity index is 1090. The van der Waals surface area contributed by atoms with Gasteiger partial charge < -0.3 is 9.16 Å². The molecule has 3 unspecified atom stereocenters. The highest BCUT2D eigenvalue weighted by atomic mass is 32.2. The number of fused-ring (bicyclic) bond motifs is 1. The first-order valence-electron chi connectivity index (χ1n) is 14.1. The van der Waals surface area contributed by atoms with Crippen molar-refractivity contribution in [3.8, 4) is 0 Å². The van der Waals surface area contributed by atoms with E-state index < -0.39 is 18.4 Å². The van der Waals surface area contributed by atoms with Crippen molar-refractivity contribution < 1.29 is 26.6 Å². The smallest absolute Gasteiger partial charge is 0.309 e. The Morgan fingerprint density at radius 2 is 1.71 bits per heavy atom. The van der Waals surface area contributed by atoms with Gasteiger partial charge in [-0.15, -0.1) is 0 Å². The zero-order valence-electron chi connectivity index (χ0n) is 24.7. The molecule has 8 heteroatoms. The normalized spacial score (nSPS) is 28.3. The van der Waals surface area contributed by atoms with E-state index in [-0.39, 0.29) is 64.1 Å². The van der Waals surface area contributed by atoms with Crippen molar-refractivity contribution in [1.82, 2.24) is 0 Å². The predicted molar refractivity (Wildman–Crippen MR) is 154 cm³/mol. The maximum absolute atomic E-state index is 13.4. The monoisotopic (exact) mass is 564 g/mol. The zero-order valence-corrected chi connectivity index (χ0v) is 26.5. The van der Waals surface area contributed by atoms with Gasteiger partial charge >= 0.3 is 5.97 Å². The number of carbonyl (C=O) groups excluding carboxylic acids is 1. The summed E-state index contributed by atoms with van der Waals surface area (Å²) in [5, 5.41) is 0.00208. The number of rotatable bonds is 9. The van der Waals surface area contributed by atoms with Gasteiger partial charge in [-0.2, -0.15) is 8.42 Å². The Morgan fingerprint density at radius 1 is 1.08 bits per heavy atom. The molecule has 0 bridgehead atoms. The molecule has 1 aromatic rings. The third kappa shape index (κ3) is 6.98. The first-order valence-corrected chi connectivity index (χ1v) is 18.4. The Balaban J connectivity index is 1.92. The summed E-state index contributed by atoms with van der Waals surface area (Å²) < 4.78 is 44.1. The van der Waals surface area contributed by atoms with Crippen LogP contribution < -0.4 is 0 Å². The van der Waals surface area contributed by atoms with Crippen molar-refractivity contribution in [2.45, 2.75) is 90.4 Å². The molecule has 38 heavy (non-hydrogen) atoms. The van der Waals surface area contributed by atoms with Gasteiger partial charge in [0.25, 0.3) is 10.1 Å². The van der Waals surface area contributed by atoms with Crippen molar-refractivity contribution >= 4 is 24.4 Å². The molecule has 0 N–H and O–H groups in total. The molecule has 2 aliphatic carbocycles. The molecule has 0 heterocycles. The lowest BCUT2D eigenvalue weighted by Gasteiger charge is -2.51. The van der Waals surface area contributed by atoms with E-state index in [1.54, 1.807) is 24.3 Å². The minimum atomic E-state index is -3.86. The maximum Gasteiger partial charge on any atom is 0.309 e. The molecule has 3 rings (SSSR count). The van der Waals surface area contributed by atoms with Gasteiger partial charge in [-0.1, -0.05) is 64.5 Å². The maximum atomic E-state index is 13.4. The summed E-state index contributed by atoms with van der Waals surface area (Å²) in [6.45, 7) is 19.7. The highest BCUT2D eigenvalue weighted by molar-refractivity contribution is 7.86. The van der Waals surface area contributed by atoms with Crippen LogP contribution in [-0.2, 0) is 28.3 Å². The van der Waals surface area contributed by atoms with E-state index in [0.29, 0.717) is 13.0 Å². The predicted octanol–water partition coefficient (Wildman–Crippen LogP) is 6.75. The number of hydrogen-bond acceptors (Lipinski definition) is 6. The molecule has 2 aliphatic rings. The minimum absolute atomic E-state index is 0.00208. The van der Waals surface area contributed by atoms with Crippen LogP contribution in [0.1, 0.15) is 59.9 Å². The number of esters is 1. The van der Waals surface area contributed by atoms with Gasteiger partial charge in [0, 0.05) is 12.0 Å². The van der Waals surface area contributed by atoms with Crippen LogP contribution >= 0.6 is 0 Å². The molecule has 1 saturated carbocycles. The van der Waals surface area contributed by atoms with Gasteiger partial charge in [0.05, 0.1) is 24.0 Å². The summed E-state index contributed by atoms with van der Waals surface area (Å²) in [6.07, 6.45) is 5.66. The quantitative estimate of drug-likeness (QED) is 0.143. The van der Waals surface area contributed by atoms with Crippen molar-refractivity contribution in [2.75, 3.05) is 13.2 Å². The largest absolute Gasteiger partial charge is 0.466 e. The fraction of sp³-hybridized carbons (Fsp3) is 0.700. The van der Waals surface area contributed by atoms with E-state index in [4.69, 9.17) is 13.3 Å². The summed E-state index contributed by atoms with van der Waals surface area (Å²) in [5.74, 6) is 0.0220. The van der Waals surface area contributed by atoms with E-state index in [9.17, 15) is 13.2 Å². The SMILES string of the molecule is CCOC(=O)[C@@H]1C2C(C=C[C@@H]1C(C)C)C[C@H](COS(=O)(=O)c1ccc(C)cc1)CC2O[Si](C)(C)C(C)(C)C. The number of aryl methyl sites for hydroxylation is 1. The van der Waals surface area contributed by atoms with Crippen LogP contribution in [0, 0.1) is 42.4 Å². The molecule has 0 aromatic heterocycles. The molecule has 0 saturated heterocycles. The molecule has 6 nitrogen and oxygen atoms in total. The third-order valence-corrected chi connectivity index (χ3v) is 14.7. The Hall–Kier alpha value is -1.48. The Kier molecular flexibility index (Phi) is 9.76. The molecule has 0 spiro atoms. The van der Waals surface area contributed by atoms with Crippen LogP contribution in [0.2, 0.25) is 18.1 Å². The van der Waals surface area contributed by atoms with Crippen molar-refractivity contribution in [2.24, 2.45) is 35.5 Å². The van der Waals surface area contributed by atoms with Crippen molar-refractivity contribution in [3.05, 3.63) is 42.0 Å². The van der Waals surface area contributed by atoms with E-state index in [1.807, 2.05) is 13.8 Å². The average molecular weight is 565 g/mol. The van der Waals surface area contributed by atoms with Gasteiger partial charge in [0.2, 0.25) is 0 Å². The number of allylic oxidation sites excluding steroid dienone is 2. The van der Waals surface area contributed by atoms with Crippen molar-refractivity contribution in [3.63, 3.8) is 0 Å². The van der Waals surface area contributed by atoms with Crippen LogP contribution in [0.15, 0.2) is 41.3 Å². The lowest BCUT2D eigenvalue weighted by Crippen LogP contribution is -2.54. The molecule has 1 fully saturated rings. The summed E-state index contributed by atoms with van der Waals surface area (Å²) in [7, 11) is -6.04. The van der Waals surface area contributed by atoms with Crippen LogP contribution in [0.5, 0.6) is 0 Å². The second-order valence-electron chi connectivity index (χ2n) is 13.0.